The van der Waals surface area contributed by atoms with Gasteiger partial charge in [-0.1, -0.05) is 11.6 Å². The molecule has 0 radical (unpaired) electrons. The largest absolute Gasteiger partial charge is 0.478 e. The highest BCUT2D eigenvalue weighted by molar-refractivity contribution is 6.30. The molecule has 4 nitrogen and oxygen atoms in total. The quantitative estimate of drug-likeness (QED) is 0.869. The van der Waals surface area contributed by atoms with Crippen LogP contribution in [0.25, 0.3) is 11.8 Å². The summed E-state index contributed by atoms with van der Waals surface area (Å²) in [6.07, 6.45) is 5.22. The summed E-state index contributed by atoms with van der Waals surface area (Å²) in [6.45, 7) is 0. The van der Waals surface area contributed by atoms with Crippen LogP contribution in [0.5, 0.6) is 0 Å². The second kappa shape index (κ2) is 5.01. The number of rotatable bonds is 3. The molecule has 0 aliphatic rings. The topological polar surface area (TPSA) is 55.1 Å². The fourth-order valence-corrected chi connectivity index (χ4v) is 1.60. The Morgan fingerprint density at radius 2 is 2.28 bits per heavy atom. The van der Waals surface area contributed by atoms with Crippen molar-refractivity contribution in [2.45, 2.75) is 0 Å². The predicted octanol–water partition coefficient (Wildman–Crippen LogP) is 2.76. The van der Waals surface area contributed by atoms with E-state index >= 15 is 0 Å². The predicted molar refractivity (Wildman–Crippen MR) is 65.2 cm³/mol. The van der Waals surface area contributed by atoms with Crippen LogP contribution in [0.15, 0.2) is 36.7 Å². The minimum Gasteiger partial charge on any atom is -0.478 e. The Balaban J connectivity index is 2.50. The minimum absolute atomic E-state index is 0.400. The molecule has 18 heavy (non-hydrogen) atoms. The van der Waals surface area contributed by atoms with Crippen LogP contribution in [0.1, 0.15) is 5.56 Å². The van der Waals surface area contributed by atoms with Gasteiger partial charge in [-0.3, -0.25) is 0 Å². The molecule has 92 valence electrons. The summed E-state index contributed by atoms with van der Waals surface area (Å²) in [5.74, 6) is -1.56. The third-order valence-electron chi connectivity index (χ3n) is 2.19. The summed E-state index contributed by atoms with van der Waals surface area (Å²) in [7, 11) is 0. The van der Waals surface area contributed by atoms with E-state index in [4.69, 9.17) is 16.7 Å². The number of aliphatic carboxylic acids is 1. The molecular weight excluding hydrogens is 259 g/mol. The number of hydrogen-bond acceptors (Lipinski definition) is 2. The van der Waals surface area contributed by atoms with Crippen molar-refractivity contribution in [2.75, 3.05) is 0 Å². The van der Waals surface area contributed by atoms with E-state index in [0.29, 0.717) is 16.3 Å². The normalized spacial score (nSPS) is 11.0. The van der Waals surface area contributed by atoms with Gasteiger partial charge in [-0.05, 0) is 24.3 Å². The second-order valence-electron chi connectivity index (χ2n) is 3.48. The molecule has 0 fully saturated rings. The van der Waals surface area contributed by atoms with Crippen molar-refractivity contribution in [3.8, 4) is 5.69 Å². The van der Waals surface area contributed by atoms with E-state index < -0.39 is 11.8 Å². The van der Waals surface area contributed by atoms with Crippen LogP contribution in [0.3, 0.4) is 0 Å². The van der Waals surface area contributed by atoms with Gasteiger partial charge in [0, 0.05) is 17.8 Å². The van der Waals surface area contributed by atoms with E-state index in [-0.39, 0.29) is 0 Å². The Hall–Kier alpha value is -2.14. The van der Waals surface area contributed by atoms with Crippen LogP contribution in [0, 0.1) is 5.82 Å². The number of carboxylic acid groups (broad SMARTS) is 1. The van der Waals surface area contributed by atoms with Crippen LogP contribution in [0.4, 0.5) is 4.39 Å². The molecule has 0 unspecified atom stereocenters. The van der Waals surface area contributed by atoms with E-state index in [1.54, 1.807) is 6.20 Å². The van der Waals surface area contributed by atoms with Crippen molar-refractivity contribution in [3.63, 3.8) is 0 Å². The molecule has 0 amide bonds. The van der Waals surface area contributed by atoms with Gasteiger partial charge in [-0.25, -0.2) is 13.9 Å². The van der Waals surface area contributed by atoms with Gasteiger partial charge in [0.15, 0.2) is 0 Å². The molecule has 0 aliphatic carbocycles. The lowest BCUT2D eigenvalue weighted by Crippen LogP contribution is -1.98. The van der Waals surface area contributed by atoms with Gasteiger partial charge >= 0.3 is 5.97 Å². The smallest absolute Gasteiger partial charge is 0.328 e. The Bertz CT molecular complexity index is 622. The van der Waals surface area contributed by atoms with Gasteiger partial charge in [0.05, 0.1) is 16.9 Å². The third-order valence-corrected chi connectivity index (χ3v) is 2.39. The standard InChI is InChI=1S/C12H8ClFN2O2/c13-9-6-15-16(7-9)11-3-2-10(14)5-8(11)1-4-12(17)18/h1-7H,(H,17,18)/b4-1+. The second-order valence-corrected chi connectivity index (χ2v) is 3.91. The first-order valence-corrected chi connectivity index (χ1v) is 5.35. The zero-order valence-corrected chi connectivity index (χ0v) is 9.80. The van der Waals surface area contributed by atoms with Gasteiger partial charge in [0.1, 0.15) is 5.82 Å². The molecule has 2 rings (SSSR count). The van der Waals surface area contributed by atoms with Gasteiger partial charge in [-0.15, -0.1) is 0 Å². The highest BCUT2D eigenvalue weighted by Crippen LogP contribution is 2.19. The Morgan fingerprint density at radius 1 is 1.50 bits per heavy atom. The first-order chi connectivity index (χ1) is 8.56. The summed E-state index contributed by atoms with van der Waals surface area (Å²) in [6, 6.07) is 3.99. The summed E-state index contributed by atoms with van der Waals surface area (Å²) in [5.41, 5.74) is 0.943. The fraction of sp³-hybridized carbons (Fsp3) is 0. The molecule has 1 N–H and O–H groups in total. The number of halogens is 2. The number of aromatic nitrogens is 2. The van der Waals surface area contributed by atoms with Crippen molar-refractivity contribution in [2.24, 2.45) is 0 Å². The number of hydrogen-bond donors (Lipinski definition) is 1. The van der Waals surface area contributed by atoms with E-state index in [1.807, 2.05) is 0 Å². The van der Waals surface area contributed by atoms with Crippen LogP contribution < -0.4 is 0 Å². The maximum absolute atomic E-state index is 13.2. The van der Waals surface area contributed by atoms with E-state index in [1.165, 1.54) is 35.2 Å². The molecule has 0 saturated heterocycles. The van der Waals surface area contributed by atoms with Crippen molar-refractivity contribution in [1.29, 1.82) is 0 Å². The molecule has 1 aromatic carbocycles. The Morgan fingerprint density at radius 3 is 2.89 bits per heavy atom. The van der Waals surface area contributed by atoms with E-state index in [2.05, 4.69) is 5.10 Å². The average Bonchev–Trinajstić information content (AvgIpc) is 2.73. The number of nitrogens with zero attached hydrogens (tertiary/aromatic N) is 2. The number of carbonyl (C=O) groups is 1. The molecule has 0 bridgehead atoms. The molecule has 1 aromatic heterocycles. The maximum Gasteiger partial charge on any atom is 0.328 e. The molecular formula is C12H8ClFN2O2. The van der Waals surface area contributed by atoms with Gasteiger partial charge in [0.25, 0.3) is 0 Å². The first kappa shape index (κ1) is 12.3. The van der Waals surface area contributed by atoms with Gasteiger partial charge < -0.3 is 5.11 Å². The lowest BCUT2D eigenvalue weighted by Gasteiger charge is -2.05. The fourth-order valence-electron chi connectivity index (χ4n) is 1.46. The lowest BCUT2D eigenvalue weighted by atomic mass is 10.1. The van der Waals surface area contributed by atoms with Crippen molar-refractivity contribution in [3.05, 3.63) is 53.1 Å². The zero-order chi connectivity index (χ0) is 13.1. The number of carboxylic acids is 1. The van der Waals surface area contributed by atoms with Gasteiger partial charge in [0.2, 0.25) is 0 Å². The van der Waals surface area contributed by atoms with Crippen LogP contribution in [-0.4, -0.2) is 20.9 Å². The number of benzene rings is 1. The molecule has 0 spiro atoms. The minimum atomic E-state index is -1.11. The summed E-state index contributed by atoms with van der Waals surface area (Å²) in [5, 5.41) is 13.0. The van der Waals surface area contributed by atoms with Gasteiger partial charge in [-0.2, -0.15) is 5.10 Å². The third kappa shape index (κ3) is 2.75. The van der Waals surface area contributed by atoms with Crippen LogP contribution in [0.2, 0.25) is 5.02 Å². The molecule has 2 aromatic rings. The van der Waals surface area contributed by atoms with Crippen molar-refractivity contribution >= 4 is 23.6 Å². The Labute approximate surface area is 107 Å². The average molecular weight is 267 g/mol. The monoisotopic (exact) mass is 266 g/mol. The molecule has 0 saturated carbocycles. The Kier molecular flexibility index (Phi) is 3.43. The summed E-state index contributed by atoms with van der Waals surface area (Å²) >= 11 is 5.75. The SMILES string of the molecule is O=C(O)/C=C/c1cc(F)ccc1-n1cc(Cl)cn1. The molecule has 6 heteroatoms. The van der Waals surface area contributed by atoms with E-state index in [9.17, 15) is 9.18 Å². The maximum atomic E-state index is 13.2. The highest BCUT2D eigenvalue weighted by Gasteiger charge is 2.06. The molecule has 0 aliphatic heterocycles. The first-order valence-electron chi connectivity index (χ1n) is 4.97. The van der Waals surface area contributed by atoms with Crippen LogP contribution >= 0.6 is 11.6 Å². The summed E-state index contributed by atoms with van der Waals surface area (Å²) < 4.78 is 14.6. The lowest BCUT2D eigenvalue weighted by molar-refractivity contribution is -0.131. The zero-order valence-electron chi connectivity index (χ0n) is 9.05. The highest BCUT2D eigenvalue weighted by atomic mass is 35.5. The van der Waals surface area contributed by atoms with Crippen LogP contribution in [-0.2, 0) is 4.79 Å². The molecule has 0 atom stereocenters. The van der Waals surface area contributed by atoms with Crippen molar-refractivity contribution in [1.82, 2.24) is 9.78 Å². The molecule has 1 heterocycles. The van der Waals surface area contributed by atoms with E-state index in [0.717, 1.165) is 6.08 Å². The summed E-state index contributed by atoms with van der Waals surface area (Å²) in [4.78, 5) is 10.5. The van der Waals surface area contributed by atoms with Crippen molar-refractivity contribution < 1.29 is 14.3 Å².